The molecule has 0 bridgehead atoms. The predicted molar refractivity (Wildman–Crippen MR) is 120 cm³/mol. The number of methoxy groups -OCH3 is 2. The Morgan fingerprint density at radius 1 is 0.935 bits per heavy atom. The van der Waals surface area contributed by atoms with Crippen LogP contribution in [0.2, 0.25) is 0 Å². The average molecular weight is 438 g/mol. The van der Waals surface area contributed by atoms with E-state index in [0.29, 0.717) is 11.5 Å². The molecule has 31 heavy (non-hydrogen) atoms. The lowest BCUT2D eigenvalue weighted by atomic mass is 10.2. The summed E-state index contributed by atoms with van der Waals surface area (Å²) in [6.07, 6.45) is 5.58. The summed E-state index contributed by atoms with van der Waals surface area (Å²) in [6, 6.07) is 5.76. The second kappa shape index (κ2) is 8.12. The van der Waals surface area contributed by atoms with E-state index in [2.05, 4.69) is 31.9 Å². The number of benzene rings is 1. The van der Waals surface area contributed by atoms with Crippen LogP contribution in [0.1, 0.15) is 0 Å². The van der Waals surface area contributed by atoms with Gasteiger partial charge in [0.2, 0.25) is 10.9 Å². The van der Waals surface area contributed by atoms with Gasteiger partial charge in [-0.15, -0.1) is 0 Å². The molecular weight excluding hydrogens is 414 g/mol. The zero-order valence-corrected chi connectivity index (χ0v) is 18.5. The van der Waals surface area contributed by atoms with Crippen molar-refractivity contribution >= 4 is 22.2 Å². The van der Waals surface area contributed by atoms with Crippen molar-refractivity contribution in [1.29, 1.82) is 0 Å². The fourth-order valence-electron chi connectivity index (χ4n) is 3.55. The molecule has 10 heteroatoms. The number of ether oxygens (including phenoxy) is 2. The number of rotatable bonds is 5. The summed E-state index contributed by atoms with van der Waals surface area (Å²) in [7, 11) is 5.38. The van der Waals surface area contributed by atoms with Crippen LogP contribution < -0.4 is 14.4 Å². The smallest absolute Gasteiger partial charge is 0.225 e. The maximum Gasteiger partial charge on any atom is 0.225 e. The zero-order valence-electron chi connectivity index (χ0n) is 17.6. The standard InChI is InChI=1S/C21H23N7O2S/c1-26-6-8-27(9-7-26)20-22-11-15(12-23-20)16-13-28-21(24-16)31-19(25-28)14-4-5-17(29-2)18(10-14)30-3/h4-5,10-13H,6-9H2,1-3H3. The number of nitrogens with zero attached hydrogens (tertiary/aromatic N) is 7. The average Bonchev–Trinajstić information content (AvgIpc) is 3.39. The molecule has 5 rings (SSSR count). The van der Waals surface area contributed by atoms with Crippen LogP contribution in [-0.2, 0) is 0 Å². The van der Waals surface area contributed by atoms with Crippen LogP contribution in [0.3, 0.4) is 0 Å². The number of anilines is 1. The third-order valence-electron chi connectivity index (χ3n) is 5.39. The highest BCUT2D eigenvalue weighted by Crippen LogP contribution is 2.34. The van der Waals surface area contributed by atoms with E-state index >= 15 is 0 Å². The quantitative estimate of drug-likeness (QED) is 0.471. The van der Waals surface area contributed by atoms with Crippen LogP contribution >= 0.6 is 11.3 Å². The van der Waals surface area contributed by atoms with Gasteiger partial charge in [-0.25, -0.2) is 19.5 Å². The van der Waals surface area contributed by atoms with E-state index in [4.69, 9.17) is 14.5 Å². The van der Waals surface area contributed by atoms with Gasteiger partial charge in [-0.05, 0) is 25.2 Å². The highest BCUT2D eigenvalue weighted by Gasteiger charge is 2.17. The molecule has 0 atom stereocenters. The molecule has 0 amide bonds. The van der Waals surface area contributed by atoms with Crippen LogP contribution in [0.5, 0.6) is 11.5 Å². The molecule has 0 saturated carbocycles. The second-order valence-electron chi connectivity index (χ2n) is 7.39. The Bertz CT molecular complexity index is 1160. The van der Waals surface area contributed by atoms with Crippen molar-refractivity contribution in [2.75, 3.05) is 52.3 Å². The lowest BCUT2D eigenvalue weighted by Gasteiger charge is -2.32. The molecule has 1 fully saturated rings. The molecule has 4 heterocycles. The Morgan fingerprint density at radius 3 is 2.35 bits per heavy atom. The molecule has 1 saturated heterocycles. The molecule has 9 nitrogen and oxygen atoms in total. The van der Waals surface area contributed by atoms with Gasteiger partial charge >= 0.3 is 0 Å². The van der Waals surface area contributed by atoms with E-state index in [0.717, 1.165) is 58.9 Å². The van der Waals surface area contributed by atoms with Gasteiger partial charge in [0.25, 0.3) is 0 Å². The topological polar surface area (TPSA) is 80.9 Å². The van der Waals surface area contributed by atoms with Gasteiger partial charge in [-0.2, -0.15) is 5.10 Å². The van der Waals surface area contributed by atoms with Gasteiger partial charge in [0.15, 0.2) is 11.5 Å². The number of likely N-dealkylation sites (N-methyl/N-ethyl adjacent to an activating group) is 1. The van der Waals surface area contributed by atoms with Crippen molar-refractivity contribution in [3.05, 3.63) is 36.8 Å². The summed E-state index contributed by atoms with van der Waals surface area (Å²) in [4.78, 5) is 19.2. The summed E-state index contributed by atoms with van der Waals surface area (Å²) < 4.78 is 12.5. The Hall–Kier alpha value is -3.24. The Kier molecular flexibility index (Phi) is 5.16. The normalized spacial score (nSPS) is 14.9. The minimum absolute atomic E-state index is 0.672. The number of hydrogen-bond acceptors (Lipinski definition) is 9. The van der Waals surface area contributed by atoms with Gasteiger partial charge in [0.1, 0.15) is 5.01 Å². The molecule has 1 aliphatic rings. The number of piperazine rings is 1. The van der Waals surface area contributed by atoms with E-state index in [1.54, 1.807) is 18.7 Å². The Morgan fingerprint density at radius 2 is 1.68 bits per heavy atom. The molecule has 3 aromatic heterocycles. The van der Waals surface area contributed by atoms with Crippen LogP contribution in [0, 0.1) is 0 Å². The maximum absolute atomic E-state index is 5.40. The van der Waals surface area contributed by atoms with Gasteiger partial charge in [-0.3, -0.25) is 0 Å². The molecule has 1 aliphatic heterocycles. The molecule has 0 N–H and O–H groups in total. The summed E-state index contributed by atoms with van der Waals surface area (Å²) in [5.41, 5.74) is 2.64. The van der Waals surface area contributed by atoms with Crippen LogP contribution in [0.15, 0.2) is 36.8 Å². The first-order valence-electron chi connectivity index (χ1n) is 9.99. The van der Waals surface area contributed by atoms with Gasteiger partial charge < -0.3 is 19.3 Å². The van der Waals surface area contributed by atoms with E-state index in [9.17, 15) is 0 Å². The number of fused-ring (bicyclic) bond motifs is 1. The molecule has 4 aromatic rings. The van der Waals surface area contributed by atoms with Crippen molar-refractivity contribution in [1.82, 2.24) is 29.5 Å². The Labute approximate surface area is 183 Å². The SMILES string of the molecule is COc1ccc(-c2nn3cc(-c4cnc(N5CCN(C)CC5)nc4)nc3s2)cc1OC. The summed E-state index contributed by atoms with van der Waals surface area (Å²) in [5.74, 6) is 2.13. The fraction of sp³-hybridized carbons (Fsp3) is 0.333. The van der Waals surface area contributed by atoms with E-state index in [1.165, 1.54) is 11.3 Å². The lowest BCUT2D eigenvalue weighted by Crippen LogP contribution is -2.45. The summed E-state index contributed by atoms with van der Waals surface area (Å²) >= 11 is 1.52. The van der Waals surface area contributed by atoms with Crippen molar-refractivity contribution in [3.63, 3.8) is 0 Å². The fourth-order valence-corrected chi connectivity index (χ4v) is 4.43. The van der Waals surface area contributed by atoms with Crippen molar-refractivity contribution < 1.29 is 9.47 Å². The third kappa shape index (κ3) is 3.79. The summed E-state index contributed by atoms with van der Waals surface area (Å²) in [5, 5.41) is 5.54. The van der Waals surface area contributed by atoms with Crippen LogP contribution in [0.25, 0.3) is 26.8 Å². The highest BCUT2D eigenvalue weighted by molar-refractivity contribution is 7.19. The number of imidazole rings is 1. The van der Waals surface area contributed by atoms with Gasteiger partial charge in [0.05, 0.1) is 26.1 Å². The maximum atomic E-state index is 5.40. The number of aromatic nitrogens is 5. The predicted octanol–water partition coefficient (Wildman–Crippen LogP) is 2.68. The second-order valence-corrected chi connectivity index (χ2v) is 8.35. The molecule has 0 unspecified atom stereocenters. The monoisotopic (exact) mass is 437 g/mol. The van der Waals surface area contributed by atoms with Crippen molar-refractivity contribution in [2.45, 2.75) is 0 Å². The van der Waals surface area contributed by atoms with E-state index in [1.807, 2.05) is 36.8 Å². The third-order valence-corrected chi connectivity index (χ3v) is 6.37. The van der Waals surface area contributed by atoms with Crippen LogP contribution in [-0.4, -0.2) is 76.9 Å². The molecule has 0 spiro atoms. The summed E-state index contributed by atoms with van der Waals surface area (Å²) in [6.45, 7) is 3.94. The number of hydrogen-bond donors (Lipinski definition) is 0. The lowest BCUT2D eigenvalue weighted by molar-refractivity contribution is 0.311. The molecule has 160 valence electrons. The van der Waals surface area contributed by atoms with Gasteiger partial charge in [-0.1, -0.05) is 11.3 Å². The first kappa shape index (κ1) is 19.7. The largest absolute Gasteiger partial charge is 0.493 e. The molecule has 0 aliphatic carbocycles. The van der Waals surface area contributed by atoms with Crippen LogP contribution in [0.4, 0.5) is 5.95 Å². The molecule has 1 aromatic carbocycles. The van der Waals surface area contributed by atoms with E-state index in [-0.39, 0.29) is 0 Å². The highest BCUT2D eigenvalue weighted by atomic mass is 32.1. The van der Waals surface area contributed by atoms with E-state index < -0.39 is 0 Å². The molecular formula is C21H23N7O2S. The van der Waals surface area contributed by atoms with Crippen molar-refractivity contribution in [3.8, 4) is 33.3 Å². The van der Waals surface area contributed by atoms with Gasteiger partial charge in [0, 0.05) is 49.7 Å². The minimum atomic E-state index is 0.672. The van der Waals surface area contributed by atoms with Crippen molar-refractivity contribution in [2.24, 2.45) is 0 Å². The first-order chi connectivity index (χ1) is 15.1. The zero-order chi connectivity index (χ0) is 21.4. The first-order valence-corrected chi connectivity index (χ1v) is 10.8. The molecule has 0 radical (unpaired) electrons. The Balaban J connectivity index is 1.37. The minimum Gasteiger partial charge on any atom is -0.493 e.